The first-order chi connectivity index (χ1) is 9.80. The smallest absolute Gasteiger partial charge is 0.207 e. The lowest BCUT2D eigenvalue weighted by molar-refractivity contribution is 0.582. The molecule has 0 aliphatic heterocycles. The van der Waals surface area contributed by atoms with E-state index in [9.17, 15) is 16.8 Å². The van der Waals surface area contributed by atoms with Crippen LogP contribution < -0.4 is 0 Å². The Hall–Kier alpha value is -1.66. The molecule has 112 valence electrons. The molecule has 0 spiro atoms. The fraction of sp³-hybridized carbons (Fsp3) is 0.200. The minimum atomic E-state index is -4.47. The third kappa shape index (κ3) is 2.73. The molecule has 0 heterocycles. The zero-order valence-corrected chi connectivity index (χ0v) is 13.4. The van der Waals surface area contributed by atoms with Crippen molar-refractivity contribution < 1.29 is 16.8 Å². The highest BCUT2D eigenvalue weighted by Gasteiger charge is 2.34. The molecule has 0 unspecified atom stereocenters. The van der Waals surface area contributed by atoms with Crippen molar-refractivity contribution in [1.29, 1.82) is 0 Å². The van der Waals surface area contributed by atoms with Crippen LogP contribution in [0, 0.1) is 6.92 Å². The van der Waals surface area contributed by atoms with Crippen LogP contribution in [0.3, 0.4) is 0 Å². The van der Waals surface area contributed by atoms with E-state index in [2.05, 4.69) is 0 Å². The monoisotopic (exact) mass is 324 g/mol. The van der Waals surface area contributed by atoms with Gasteiger partial charge >= 0.3 is 0 Å². The molecule has 0 aliphatic rings. The molecule has 0 radical (unpaired) electrons. The van der Waals surface area contributed by atoms with Gasteiger partial charge in [0.05, 0.1) is 9.79 Å². The van der Waals surface area contributed by atoms with Crippen molar-refractivity contribution in [2.75, 3.05) is 0 Å². The lowest BCUT2D eigenvalue weighted by Crippen LogP contribution is -2.17. The largest absolute Gasteiger partial charge is 0.286 e. The van der Waals surface area contributed by atoms with Crippen LogP contribution in [0.4, 0.5) is 0 Å². The second-order valence-corrected chi connectivity index (χ2v) is 10.0. The predicted molar refractivity (Wildman–Crippen MR) is 81.4 cm³/mol. The van der Waals surface area contributed by atoms with Gasteiger partial charge in [0.15, 0.2) is 0 Å². The number of hydrogen-bond acceptors (Lipinski definition) is 4. The average molecular weight is 324 g/mol. The number of aryl methyl sites for hydroxylation is 2. The molecule has 21 heavy (non-hydrogen) atoms. The van der Waals surface area contributed by atoms with Crippen molar-refractivity contribution in [3.05, 3.63) is 59.7 Å². The highest BCUT2D eigenvalue weighted by atomic mass is 33.2. The van der Waals surface area contributed by atoms with E-state index in [1.54, 1.807) is 31.2 Å². The molecule has 0 bridgehead atoms. The highest BCUT2D eigenvalue weighted by molar-refractivity contribution is 8.67. The SMILES string of the molecule is CCc1ccc(S(=O)(=O)S(=O)(=O)c2ccccc2C)cc1. The summed E-state index contributed by atoms with van der Waals surface area (Å²) in [7, 11) is -8.94. The molecule has 0 fully saturated rings. The Bertz CT molecular complexity index is 849. The summed E-state index contributed by atoms with van der Waals surface area (Å²) in [5, 5.41) is 0. The molecule has 4 nitrogen and oxygen atoms in total. The van der Waals surface area contributed by atoms with Crippen LogP contribution in [-0.2, 0) is 24.2 Å². The van der Waals surface area contributed by atoms with Crippen molar-refractivity contribution in [2.24, 2.45) is 0 Å². The van der Waals surface area contributed by atoms with Crippen molar-refractivity contribution in [3.63, 3.8) is 0 Å². The Morgan fingerprint density at radius 1 is 0.810 bits per heavy atom. The van der Waals surface area contributed by atoms with Crippen molar-refractivity contribution in [3.8, 4) is 0 Å². The lowest BCUT2D eigenvalue weighted by atomic mass is 10.2. The molecule has 0 saturated carbocycles. The number of hydrogen-bond donors (Lipinski definition) is 0. The quantitative estimate of drug-likeness (QED) is 0.811. The summed E-state index contributed by atoms with van der Waals surface area (Å²) in [4.78, 5) is -0.382. The van der Waals surface area contributed by atoms with Gasteiger partial charge in [-0.05, 0) is 42.7 Å². The summed E-state index contributed by atoms with van der Waals surface area (Å²) in [5.74, 6) is 0. The van der Waals surface area contributed by atoms with Crippen molar-refractivity contribution in [2.45, 2.75) is 30.1 Å². The molecule has 0 N–H and O–H groups in total. The van der Waals surface area contributed by atoms with Crippen LogP contribution in [0.5, 0.6) is 0 Å². The third-order valence-electron chi connectivity index (χ3n) is 3.27. The van der Waals surface area contributed by atoms with E-state index in [0.29, 0.717) is 5.56 Å². The highest BCUT2D eigenvalue weighted by Crippen LogP contribution is 2.26. The van der Waals surface area contributed by atoms with Crippen LogP contribution in [0.1, 0.15) is 18.1 Å². The van der Waals surface area contributed by atoms with Gasteiger partial charge in [0.1, 0.15) is 0 Å². The Morgan fingerprint density at radius 2 is 1.38 bits per heavy atom. The molecule has 6 heteroatoms. The first-order valence-corrected chi connectivity index (χ1v) is 9.93. The first kappa shape index (κ1) is 15.7. The molecule has 2 rings (SSSR count). The third-order valence-corrected chi connectivity index (χ3v) is 8.55. The van der Waals surface area contributed by atoms with Crippen LogP contribution in [-0.4, -0.2) is 16.8 Å². The first-order valence-electron chi connectivity index (χ1n) is 6.45. The predicted octanol–water partition coefficient (Wildman–Crippen LogP) is 2.72. The van der Waals surface area contributed by atoms with Gasteiger partial charge in [-0.3, -0.25) is 0 Å². The zero-order chi connectivity index (χ0) is 15.7. The van der Waals surface area contributed by atoms with E-state index < -0.39 is 17.7 Å². The van der Waals surface area contributed by atoms with E-state index in [-0.39, 0.29) is 9.79 Å². The summed E-state index contributed by atoms with van der Waals surface area (Å²) >= 11 is 0. The molecule has 0 aromatic heterocycles. The standard InChI is InChI=1S/C15H16O4S2/c1-3-13-8-10-14(11-9-13)20(16,17)21(18,19)15-7-5-4-6-12(15)2/h4-11H,3H2,1-2H3. The van der Waals surface area contributed by atoms with Gasteiger partial charge in [0.25, 0.3) is 17.7 Å². The number of rotatable bonds is 4. The molecule has 0 atom stereocenters. The minimum absolute atomic E-state index is 0.176. The van der Waals surface area contributed by atoms with E-state index in [1.807, 2.05) is 6.92 Å². The van der Waals surface area contributed by atoms with Crippen molar-refractivity contribution >= 4 is 17.7 Å². The summed E-state index contributed by atoms with van der Waals surface area (Å²) in [6.45, 7) is 3.51. The molecule has 2 aromatic carbocycles. The van der Waals surface area contributed by atoms with Gasteiger partial charge in [-0.1, -0.05) is 37.3 Å². The molecule has 0 aliphatic carbocycles. The second kappa shape index (κ2) is 5.61. The Kier molecular flexibility index (Phi) is 4.20. The second-order valence-electron chi connectivity index (χ2n) is 4.67. The molecule has 2 aromatic rings. The maximum atomic E-state index is 12.4. The summed E-state index contributed by atoms with van der Waals surface area (Å²) in [5.41, 5.74) is 1.36. The van der Waals surface area contributed by atoms with Gasteiger partial charge in [0, 0.05) is 0 Å². The van der Waals surface area contributed by atoms with E-state index in [1.165, 1.54) is 24.3 Å². The maximum absolute atomic E-state index is 12.4. The van der Waals surface area contributed by atoms with E-state index >= 15 is 0 Å². The Morgan fingerprint density at radius 3 is 1.90 bits per heavy atom. The fourth-order valence-corrected chi connectivity index (χ4v) is 6.00. The Balaban J connectivity index is 2.59. The number of benzene rings is 2. The van der Waals surface area contributed by atoms with Crippen molar-refractivity contribution in [1.82, 2.24) is 0 Å². The van der Waals surface area contributed by atoms with E-state index in [0.717, 1.165) is 12.0 Å². The van der Waals surface area contributed by atoms with E-state index in [4.69, 9.17) is 0 Å². The van der Waals surface area contributed by atoms with Gasteiger partial charge in [-0.25, -0.2) is 16.8 Å². The topological polar surface area (TPSA) is 68.3 Å². The Labute approximate surface area is 124 Å². The summed E-state index contributed by atoms with van der Waals surface area (Å²) in [6.07, 6.45) is 0.755. The molecular formula is C15H16O4S2. The van der Waals surface area contributed by atoms with Crippen LogP contribution >= 0.6 is 0 Å². The average Bonchev–Trinajstić information content (AvgIpc) is 2.47. The van der Waals surface area contributed by atoms with Gasteiger partial charge in [-0.15, -0.1) is 0 Å². The van der Waals surface area contributed by atoms with Gasteiger partial charge < -0.3 is 0 Å². The van der Waals surface area contributed by atoms with Crippen LogP contribution in [0.15, 0.2) is 58.3 Å². The summed E-state index contributed by atoms with van der Waals surface area (Å²) in [6, 6.07) is 12.0. The minimum Gasteiger partial charge on any atom is -0.207 e. The molecular weight excluding hydrogens is 308 g/mol. The molecule has 0 amide bonds. The van der Waals surface area contributed by atoms with Gasteiger partial charge in [0.2, 0.25) is 0 Å². The van der Waals surface area contributed by atoms with Crippen LogP contribution in [0.2, 0.25) is 0 Å². The lowest BCUT2D eigenvalue weighted by Gasteiger charge is -2.09. The fourth-order valence-electron chi connectivity index (χ4n) is 1.97. The van der Waals surface area contributed by atoms with Gasteiger partial charge in [-0.2, -0.15) is 0 Å². The summed E-state index contributed by atoms with van der Waals surface area (Å²) < 4.78 is 49.7. The normalized spacial score (nSPS) is 12.3. The maximum Gasteiger partial charge on any atom is 0.286 e. The molecule has 0 saturated heterocycles. The van der Waals surface area contributed by atoms with Crippen LogP contribution in [0.25, 0.3) is 0 Å². The zero-order valence-electron chi connectivity index (χ0n) is 11.8.